The zero-order chi connectivity index (χ0) is 23.8. The molecule has 180 valence electrons. The molecule has 4 rings (SSSR count). The lowest BCUT2D eigenvalue weighted by Gasteiger charge is -2.19. The van der Waals surface area contributed by atoms with E-state index in [0.29, 0.717) is 11.6 Å². The van der Waals surface area contributed by atoms with E-state index in [1.54, 1.807) is 6.20 Å². The van der Waals surface area contributed by atoms with Crippen LogP contribution >= 0.6 is 7.82 Å². The first kappa shape index (κ1) is 24.0. The maximum absolute atomic E-state index is 13.1. The third kappa shape index (κ3) is 5.33. The molecule has 1 aliphatic heterocycles. The fraction of sp³-hybridized carbons (Fsp3) is 0.550. The first-order valence-electron chi connectivity index (χ1n) is 10.7. The number of phosphoric ester groups is 1. The first-order valence-corrected chi connectivity index (χ1v) is 12.2. The Labute approximate surface area is 188 Å². The van der Waals surface area contributed by atoms with E-state index in [9.17, 15) is 19.6 Å². The first-order chi connectivity index (χ1) is 15.6. The van der Waals surface area contributed by atoms with Crippen molar-refractivity contribution in [1.29, 1.82) is 5.41 Å². The van der Waals surface area contributed by atoms with Crippen molar-refractivity contribution < 1.29 is 33.8 Å². The molecule has 13 heteroatoms. The summed E-state index contributed by atoms with van der Waals surface area (Å²) in [5.74, 6) is 0.468. The second-order valence-corrected chi connectivity index (χ2v) is 9.61. The van der Waals surface area contributed by atoms with Crippen LogP contribution in [0.15, 0.2) is 35.4 Å². The predicted octanol–water partition coefficient (Wildman–Crippen LogP) is -0.0413. The summed E-state index contributed by atoms with van der Waals surface area (Å²) in [6.45, 7) is -0.642. The number of nitrogens with one attached hydrogen (secondary N) is 1. The summed E-state index contributed by atoms with van der Waals surface area (Å²) in [6.07, 6.45) is 1.87. The Hall–Kier alpha value is -2.18. The molecule has 33 heavy (non-hydrogen) atoms. The Morgan fingerprint density at radius 1 is 1.21 bits per heavy atom. The number of pyridine rings is 1. The Balaban J connectivity index is 1.57. The highest BCUT2D eigenvalue weighted by molar-refractivity contribution is 7.46. The van der Waals surface area contributed by atoms with E-state index >= 15 is 0 Å². The van der Waals surface area contributed by atoms with E-state index < -0.39 is 44.7 Å². The highest BCUT2D eigenvalue weighted by Gasteiger charge is 2.45. The molecule has 0 amide bonds. The maximum atomic E-state index is 13.1. The molecule has 12 nitrogen and oxygen atoms in total. The molecule has 0 radical (unpaired) electrons. The van der Waals surface area contributed by atoms with Crippen LogP contribution in [-0.2, 0) is 20.4 Å². The summed E-state index contributed by atoms with van der Waals surface area (Å²) < 4.78 is 23.0. The lowest BCUT2D eigenvalue weighted by molar-refractivity contribution is -0.0548. The van der Waals surface area contributed by atoms with Crippen LogP contribution in [-0.4, -0.2) is 59.0 Å². The van der Waals surface area contributed by atoms with E-state index in [2.05, 4.69) is 9.51 Å². The van der Waals surface area contributed by atoms with E-state index in [1.807, 2.05) is 12.1 Å². The fourth-order valence-electron chi connectivity index (χ4n) is 4.42. The molecule has 2 fully saturated rings. The largest absolute Gasteiger partial charge is 0.469 e. The molecule has 2 unspecified atom stereocenters. The Kier molecular flexibility index (Phi) is 6.96. The van der Waals surface area contributed by atoms with Crippen LogP contribution < -0.4 is 11.2 Å². The molecule has 1 saturated carbocycles. The minimum Gasteiger partial charge on any atom is -0.387 e. The van der Waals surface area contributed by atoms with Gasteiger partial charge in [-0.05, 0) is 42.5 Å². The van der Waals surface area contributed by atoms with Gasteiger partial charge in [0, 0.05) is 12.4 Å². The molecule has 2 aliphatic rings. The number of phosphoric acid groups is 1. The topological polar surface area (TPSA) is 180 Å². The van der Waals surface area contributed by atoms with Crippen LogP contribution in [0.4, 0.5) is 0 Å². The van der Waals surface area contributed by atoms with Crippen molar-refractivity contribution in [1.82, 2.24) is 14.1 Å². The van der Waals surface area contributed by atoms with Gasteiger partial charge in [-0.3, -0.25) is 24.1 Å². The molecule has 1 saturated heterocycles. The van der Waals surface area contributed by atoms with Crippen LogP contribution in [0.1, 0.15) is 49.1 Å². The lowest BCUT2D eigenvalue weighted by Crippen LogP contribution is -2.43. The van der Waals surface area contributed by atoms with Crippen LogP contribution in [0.25, 0.3) is 0 Å². The van der Waals surface area contributed by atoms with Crippen LogP contribution in [0.5, 0.6) is 0 Å². The van der Waals surface area contributed by atoms with Crippen LogP contribution in [0.3, 0.4) is 0 Å². The summed E-state index contributed by atoms with van der Waals surface area (Å²) >= 11 is 0. The number of nitrogens with zero attached hydrogens (tertiary/aromatic N) is 3. The number of aliphatic hydroxyl groups excluding tert-OH is 2. The van der Waals surface area contributed by atoms with Gasteiger partial charge in [0.1, 0.15) is 23.8 Å². The quantitative estimate of drug-likeness (QED) is 0.338. The van der Waals surface area contributed by atoms with Gasteiger partial charge in [-0.15, -0.1) is 0 Å². The SMILES string of the molecule is N=c1ccn([C@@H]2O[C@H](COP(=O)(O)O)C(O)C2O)c(=O)n1Cc1cc(C2CCCC2)ccn1. The van der Waals surface area contributed by atoms with Gasteiger partial charge in [-0.1, -0.05) is 12.8 Å². The fourth-order valence-corrected chi connectivity index (χ4v) is 4.76. The van der Waals surface area contributed by atoms with Crippen LogP contribution in [0.2, 0.25) is 0 Å². The van der Waals surface area contributed by atoms with Gasteiger partial charge < -0.3 is 24.7 Å². The van der Waals surface area contributed by atoms with Gasteiger partial charge in [0.15, 0.2) is 6.23 Å². The van der Waals surface area contributed by atoms with Crippen molar-refractivity contribution in [2.45, 2.75) is 62.7 Å². The van der Waals surface area contributed by atoms with Crippen LogP contribution in [0, 0.1) is 5.41 Å². The average molecular weight is 482 g/mol. The minimum atomic E-state index is -4.81. The Morgan fingerprint density at radius 3 is 2.64 bits per heavy atom. The molecular weight excluding hydrogens is 455 g/mol. The van der Waals surface area contributed by atoms with E-state index in [0.717, 1.165) is 23.0 Å². The molecule has 0 bridgehead atoms. The second-order valence-electron chi connectivity index (χ2n) is 8.37. The van der Waals surface area contributed by atoms with Gasteiger partial charge in [0.2, 0.25) is 0 Å². The van der Waals surface area contributed by atoms with E-state index in [-0.39, 0.29) is 12.0 Å². The number of ether oxygens (including phenoxy) is 1. The van der Waals surface area contributed by atoms with E-state index in [4.69, 9.17) is 19.9 Å². The highest BCUT2D eigenvalue weighted by atomic mass is 31.2. The summed E-state index contributed by atoms with van der Waals surface area (Å²) in [5.41, 5.74) is 1.04. The molecule has 0 aromatic carbocycles. The number of hydrogen-bond acceptors (Lipinski definition) is 8. The summed E-state index contributed by atoms with van der Waals surface area (Å²) in [6, 6.07) is 5.27. The lowest BCUT2D eigenvalue weighted by atomic mass is 9.98. The average Bonchev–Trinajstić information content (AvgIpc) is 3.40. The molecule has 3 heterocycles. The zero-order valence-electron chi connectivity index (χ0n) is 17.7. The highest BCUT2D eigenvalue weighted by Crippen LogP contribution is 2.38. The predicted molar refractivity (Wildman–Crippen MR) is 113 cm³/mol. The Morgan fingerprint density at radius 2 is 1.94 bits per heavy atom. The monoisotopic (exact) mass is 482 g/mol. The molecule has 2 aromatic heterocycles. The van der Waals surface area contributed by atoms with Gasteiger partial charge in [-0.2, -0.15) is 0 Å². The molecule has 1 aliphatic carbocycles. The van der Waals surface area contributed by atoms with Crippen molar-refractivity contribution >= 4 is 7.82 Å². The smallest absolute Gasteiger partial charge is 0.387 e. The van der Waals surface area contributed by atoms with Crippen molar-refractivity contribution in [2.24, 2.45) is 0 Å². The van der Waals surface area contributed by atoms with E-state index in [1.165, 1.54) is 29.7 Å². The molecular formula is C20H27N4O8P. The molecule has 5 N–H and O–H groups in total. The van der Waals surface area contributed by atoms with Crippen molar-refractivity contribution in [2.75, 3.05) is 6.61 Å². The summed E-state index contributed by atoms with van der Waals surface area (Å²) in [5, 5.41) is 28.8. The van der Waals surface area contributed by atoms with Crippen molar-refractivity contribution in [3.05, 3.63) is 57.8 Å². The summed E-state index contributed by atoms with van der Waals surface area (Å²) in [7, 11) is -4.81. The second kappa shape index (κ2) is 9.59. The zero-order valence-corrected chi connectivity index (χ0v) is 18.6. The number of rotatable bonds is 7. The maximum Gasteiger partial charge on any atom is 0.469 e. The normalized spacial score (nSPS) is 26.2. The Bertz CT molecular complexity index is 1160. The molecule has 0 spiro atoms. The molecule has 4 atom stereocenters. The van der Waals surface area contributed by atoms with Gasteiger partial charge in [0.05, 0.1) is 18.8 Å². The van der Waals surface area contributed by atoms with Gasteiger partial charge in [0.25, 0.3) is 0 Å². The minimum absolute atomic E-state index is 0.0369. The van der Waals surface area contributed by atoms with Crippen molar-refractivity contribution in [3.63, 3.8) is 0 Å². The van der Waals surface area contributed by atoms with Gasteiger partial charge in [-0.25, -0.2) is 9.36 Å². The summed E-state index contributed by atoms with van der Waals surface area (Å²) in [4.78, 5) is 35.2. The number of aliphatic hydroxyl groups is 2. The van der Waals surface area contributed by atoms with Gasteiger partial charge >= 0.3 is 13.5 Å². The standard InChI is InChI=1S/C20H27N4O8P/c21-16-6-8-23(19-18(26)17(25)15(32-19)11-31-33(28,29)30)20(27)24(16)10-14-9-13(5-7-22-14)12-3-1-2-4-12/h5-9,12,15,17-19,21,25-26H,1-4,10-11H2,(H2,28,29,30)/t15-,17?,18?,19-/m1/s1. The van der Waals surface area contributed by atoms with Crippen molar-refractivity contribution in [3.8, 4) is 0 Å². The third-order valence-electron chi connectivity index (χ3n) is 6.14. The number of hydrogen-bond donors (Lipinski definition) is 5. The number of aromatic nitrogens is 3. The third-order valence-corrected chi connectivity index (χ3v) is 6.63. The molecule has 2 aromatic rings.